The van der Waals surface area contributed by atoms with Crippen molar-refractivity contribution in [3.63, 3.8) is 0 Å². The number of methoxy groups -OCH3 is 1. The monoisotopic (exact) mass is 331 g/mol. The smallest absolute Gasteiger partial charge is 0.119 e. The molecule has 1 aromatic heterocycles. The second-order valence-electron chi connectivity index (χ2n) is 7.16. The lowest BCUT2D eigenvalue weighted by Crippen LogP contribution is -2.22. The van der Waals surface area contributed by atoms with Gasteiger partial charge in [-0.3, -0.25) is 4.68 Å². The van der Waals surface area contributed by atoms with E-state index >= 15 is 0 Å². The second-order valence-corrected chi connectivity index (χ2v) is 7.16. The molecule has 0 saturated carbocycles. The first-order chi connectivity index (χ1) is 11.3. The minimum atomic E-state index is -0.285. The van der Waals surface area contributed by atoms with Gasteiger partial charge in [0.1, 0.15) is 5.75 Å². The molecule has 0 radical (unpaired) electrons. The minimum Gasteiger partial charge on any atom is -0.497 e. The van der Waals surface area contributed by atoms with Crippen molar-refractivity contribution in [3.8, 4) is 17.0 Å². The van der Waals surface area contributed by atoms with E-state index in [-0.39, 0.29) is 11.6 Å². The molecule has 2 N–H and O–H groups in total. The molecule has 1 heterocycles. The van der Waals surface area contributed by atoms with Gasteiger partial charge in [0.2, 0.25) is 0 Å². The summed E-state index contributed by atoms with van der Waals surface area (Å²) in [7, 11) is 1.67. The second kappa shape index (κ2) is 7.81. The van der Waals surface area contributed by atoms with Crippen LogP contribution in [0.4, 0.5) is 0 Å². The fourth-order valence-electron chi connectivity index (χ4n) is 2.43. The number of nitrogens with one attached hydrogen (secondary N) is 1. The molecule has 132 valence electrons. The molecule has 0 fully saturated rings. The quantitative estimate of drug-likeness (QED) is 0.765. The first kappa shape index (κ1) is 18.5. The van der Waals surface area contributed by atoms with Crippen molar-refractivity contribution in [2.24, 2.45) is 0 Å². The number of hydrogen-bond acceptors (Lipinski definition) is 4. The topological polar surface area (TPSA) is 59.3 Å². The zero-order chi connectivity index (χ0) is 17.7. The van der Waals surface area contributed by atoms with Crippen LogP contribution in [0.3, 0.4) is 0 Å². The zero-order valence-corrected chi connectivity index (χ0v) is 15.3. The van der Waals surface area contributed by atoms with Crippen LogP contribution in [-0.4, -0.2) is 34.6 Å². The molecule has 0 amide bonds. The Hall–Kier alpha value is -1.85. The van der Waals surface area contributed by atoms with E-state index < -0.39 is 0 Å². The molecule has 1 unspecified atom stereocenters. The first-order valence-corrected chi connectivity index (χ1v) is 8.43. The van der Waals surface area contributed by atoms with E-state index in [0.29, 0.717) is 0 Å². The van der Waals surface area contributed by atoms with Crippen LogP contribution >= 0.6 is 0 Å². The molecule has 1 atom stereocenters. The van der Waals surface area contributed by atoms with Gasteiger partial charge in [-0.2, -0.15) is 5.10 Å². The Morgan fingerprint density at radius 3 is 2.71 bits per heavy atom. The molecule has 0 bridgehead atoms. The molecule has 0 saturated heterocycles. The minimum absolute atomic E-state index is 0.0779. The van der Waals surface area contributed by atoms with Gasteiger partial charge in [0.25, 0.3) is 0 Å². The van der Waals surface area contributed by atoms with Crippen molar-refractivity contribution in [1.29, 1.82) is 0 Å². The first-order valence-electron chi connectivity index (χ1n) is 8.43. The summed E-state index contributed by atoms with van der Waals surface area (Å²) in [6.07, 6.45) is 2.55. The highest BCUT2D eigenvalue weighted by Crippen LogP contribution is 2.27. The Labute approximate surface area is 144 Å². The van der Waals surface area contributed by atoms with Crippen molar-refractivity contribution < 1.29 is 9.84 Å². The molecule has 5 heteroatoms. The molecule has 0 spiro atoms. The molecule has 0 aliphatic heterocycles. The van der Waals surface area contributed by atoms with E-state index in [4.69, 9.17) is 9.84 Å². The van der Waals surface area contributed by atoms with Crippen LogP contribution in [-0.2, 0) is 12.1 Å². The number of benzene rings is 1. The lowest BCUT2D eigenvalue weighted by atomic mass is 10.1. The van der Waals surface area contributed by atoms with Crippen molar-refractivity contribution in [1.82, 2.24) is 15.1 Å². The van der Waals surface area contributed by atoms with Crippen LogP contribution in [0.2, 0.25) is 0 Å². The number of rotatable bonds is 7. The summed E-state index contributed by atoms with van der Waals surface area (Å²) in [5, 5.41) is 17.6. The summed E-state index contributed by atoms with van der Waals surface area (Å²) in [4.78, 5) is 0. The van der Waals surface area contributed by atoms with E-state index in [0.717, 1.165) is 42.1 Å². The molecule has 0 aliphatic rings. The maximum atomic E-state index is 9.38. The molecule has 2 aromatic rings. The van der Waals surface area contributed by atoms with Gasteiger partial charge in [0, 0.05) is 23.9 Å². The highest BCUT2D eigenvalue weighted by atomic mass is 16.5. The maximum absolute atomic E-state index is 9.38. The third-order valence-corrected chi connectivity index (χ3v) is 3.87. The average Bonchev–Trinajstić information content (AvgIpc) is 2.96. The molecular weight excluding hydrogens is 302 g/mol. The van der Waals surface area contributed by atoms with Gasteiger partial charge in [0.05, 0.1) is 24.4 Å². The number of aliphatic hydroxyl groups excluding tert-OH is 1. The summed E-state index contributed by atoms with van der Waals surface area (Å²) in [5.74, 6) is 0.825. The number of ether oxygens (including phenoxy) is 1. The van der Waals surface area contributed by atoms with E-state index in [1.54, 1.807) is 14.0 Å². The van der Waals surface area contributed by atoms with Crippen LogP contribution in [0.1, 0.15) is 39.7 Å². The standard InChI is InChI=1S/C19H29N3O2/c1-14(23)9-10-20-12-16-13-22(19(2,3)4)21-18(16)15-7-6-8-17(11-15)24-5/h6-8,11,13-14,20,23H,9-10,12H2,1-5H3. The number of aliphatic hydroxyl groups is 1. The van der Waals surface area contributed by atoms with E-state index in [1.165, 1.54) is 0 Å². The Balaban J connectivity index is 2.28. The van der Waals surface area contributed by atoms with E-state index in [1.807, 2.05) is 22.9 Å². The number of aromatic nitrogens is 2. The summed E-state index contributed by atoms with van der Waals surface area (Å²) >= 11 is 0. The van der Waals surface area contributed by atoms with Gasteiger partial charge in [-0.15, -0.1) is 0 Å². The SMILES string of the molecule is COc1cccc(-c2nn(C(C)(C)C)cc2CNCCC(C)O)c1. The predicted octanol–water partition coefficient (Wildman–Crippen LogP) is 3.17. The molecule has 1 aromatic carbocycles. The van der Waals surface area contributed by atoms with Crippen LogP contribution in [0, 0.1) is 0 Å². The van der Waals surface area contributed by atoms with Gasteiger partial charge < -0.3 is 15.2 Å². The van der Waals surface area contributed by atoms with E-state index in [2.05, 4.69) is 38.4 Å². The fourth-order valence-corrected chi connectivity index (χ4v) is 2.43. The van der Waals surface area contributed by atoms with Crippen LogP contribution < -0.4 is 10.1 Å². The average molecular weight is 331 g/mol. The lowest BCUT2D eigenvalue weighted by molar-refractivity contribution is 0.183. The Bertz CT molecular complexity index is 657. The van der Waals surface area contributed by atoms with Gasteiger partial charge in [-0.1, -0.05) is 12.1 Å². The van der Waals surface area contributed by atoms with E-state index in [9.17, 15) is 5.11 Å². The fraction of sp³-hybridized carbons (Fsp3) is 0.526. The lowest BCUT2D eigenvalue weighted by Gasteiger charge is -2.18. The summed E-state index contributed by atoms with van der Waals surface area (Å²) in [6.45, 7) is 9.71. The Morgan fingerprint density at radius 2 is 2.08 bits per heavy atom. The normalized spacial score (nSPS) is 13.1. The number of hydrogen-bond donors (Lipinski definition) is 2. The molecule has 5 nitrogen and oxygen atoms in total. The molecule has 24 heavy (non-hydrogen) atoms. The summed E-state index contributed by atoms with van der Waals surface area (Å²) in [6, 6.07) is 7.98. The van der Waals surface area contributed by atoms with Crippen LogP contribution in [0.15, 0.2) is 30.5 Å². The Kier molecular flexibility index (Phi) is 6.02. The van der Waals surface area contributed by atoms with Crippen LogP contribution in [0.5, 0.6) is 5.75 Å². The van der Waals surface area contributed by atoms with Gasteiger partial charge in [-0.25, -0.2) is 0 Å². The van der Waals surface area contributed by atoms with Gasteiger partial charge in [-0.05, 0) is 52.8 Å². The summed E-state index contributed by atoms with van der Waals surface area (Å²) < 4.78 is 7.34. The third kappa shape index (κ3) is 4.82. The van der Waals surface area contributed by atoms with Crippen molar-refractivity contribution in [3.05, 3.63) is 36.0 Å². The summed E-state index contributed by atoms with van der Waals surface area (Å²) in [5.41, 5.74) is 3.08. The van der Waals surface area contributed by atoms with Crippen LogP contribution in [0.25, 0.3) is 11.3 Å². The van der Waals surface area contributed by atoms with Crippen molar-refractivity contribution in [2.75, 3.05) is 13.7 Å². The van der Waals surface area contributed by atoms with Crippen molar-refractivity contribution >= 4 is 0 Å². The maximum Gasteiger partial charge on any atom is 0.119 e. The highest BCUT2D eigenvalue weighted by Gasteiger charge is 2.19. The third-order valence-electron chi connectivity index (χ3n) is 3.87. The Morgan fingerprint density at radius 1 is 1.33 bits per heavy atom. The van der Waals surface area contributed by atoms with Gasteiger partial charge >= 0.3 is 0 Å². The molecule has 2 rings (SSSR count). The number of nitrogens with zero attached hydrogens (tertiary/aromatic N) is 2. The highest BCUT2D eigenvalue weighted by molar-refractivity contribution is 5.64. The predicted molar refractivity (Wildman–Crippen MR) is 97.2 cm³/mol. The van der Waals surface area contributed by atoms with Crippen molar-refractivity contribution in [2.45, 2.75) is 52.3 Å². The van der Waals surface area contributed by atoms with Gasteiger partial charge in [0.15, 0.2) is 0 Å². The molecule has 0 aliphatic carbocycles. The zero-order valence-electron chi connectivity index (χ0n) is 15.3. The largest absolute Gasteiger partial charge is 0.497 e. The molecular formula is C19H29N3O2.